The van der Waals surface area contributed by atoms with Crippen molar-refractivity contribution in [2.24, 2.45) is 5.73 Å². The van der Waals surface area contributed by atoms with Gasteiger partial charge in [-0.2, -0.15) is 0 Å². The molecular weight excluding hydrogens is 184 g/mol. The first kappa shape index (κ1) is 10.9. The Labute approximate surface area is 82.2 Å². The van der Waals surface area contributed by atoms with Crippen LogP contribution in [0.4, 0.5) is 8.78 Å². The lowest BCUT2D eigenvalue weighted by molar-refractivity contribution is 0.554. The highest BCUT2D eigenvalue weighted by Gasteiger charge is 2.11. The van der Waals surface area contributed by atoms with Crippen LogP contribution in [0.5, 0.6) is 0 Å². The summed E-state index contributed by atoms with van der Waals surface area (Å²) in [5.74, 6) is -1.19. The molecule has 0 bridgehead atoms. The molecule has 0 spiro atoms. The van der Waals surface area contributed by atoms with E-state index in [1.54, 1.807) is 0 Å². The van der Waals surface area contributed by atoms with E-state index in [-0.39, 0.29) is 0 Å². The summed E-state index contributed by atoms with van der Waals surface area (Å²) in [5, 5.41) is 0. The van der Waals surface area contributed by atoms with Crippen LogP contribution in [0.2, 0.25) is 0 Å². The monoisotopic (exact) mass is 197 g/mol. The highest BCUT2D eigenvalue weighted by molar-refractivity contribution is 5.23. The zero-order valence-corrected chi connectivity index (χ0v) is 8.06. The van der Waals surface area contributed by atoms with Gasteiger partial charge in [-0.1, -0.05) is 11.6 Å². The average molecular weight is 197 g/mol. The molecule has 1 rings (SSSR count). The summed E-state index contributed by atoms with van der Waals surface area (Å²) in [5.41, 5.74) is 6.93. The standard InChI is InChI=1S/C11H13F2N/c1-7(2)5-11(14)9-4-3-8(12)6-10(9)13/h3-4,6,11H,1,5,14H2,2H3. The minimum Gasteiger partial charge on any atom is -0.324 e. The fourth-order valence-corrected chi connectivity index (χ4v) is 1.29. The Morgan fingerprint density at radius 3 is 2.64 bits per heavy atom. The molecule has 0 aliphatic rings. The third kappa shape index (κ3) is 2.64. The first-order valence-corrected chi connectivity index (χ1v) is 4.35. The van der Waals surface area contributed by atoms with Gasteiger partial charge in [-0.05, 0) is 19.4 Å². The molecule has 0 saturated carbocycles. The molecule has 0 aliphatic heterocycles. The molecule has 0 radical (unpaired) electrons. The van der Waals surface area contributed by atoms with Crippen LogP contribution in [-0.4, -0.2) is 0 Å². The Balaban J connectivity index is 2.90. The fraction of sp³-hybridized carbons (Fsp3) is 0.273. The summed E-state index contributed by atoms with van der Waals surface area (Å²) < 4.78 is 25.8. The molecular formula is C11H13F2N. The third-order valence-electron chi connectivity index (χ3n) is 1.93. The molecule has 2 N–H and O–H groups in total. The molecule has 0 fully saturated rings. The quantitative estimate of drug-likeness (QED) is 0.741. The molecule has 0 heterocycles. The van der Waals surface area contributed by atoms with Crippen molar-refractivity contribution in [2.75, 3.05) is 0 Å². The van der Waals surface area contributed by atoms with E-state index in [1.807, 2.05) is 6.92 Å². The summed E-state index contributed by atoms with van der Waals surface area (Å²) >= 11 is 0. The van der Waals surface area contributed by atoms with Crippen LogP contribution in [-0.2, 0) is 0 Å². The SMILES string of the molecule is C=C(C)CC(N)c1ccc(F)cc1F. The number of nitrogens with two attached hydrogens (primary N) is 1. The van der Waals surface area contributed by atoms with Gasteiger partial charge in [0.15, 0.2) is 0 Å². The predicted octanol–water partition coefficient (Wildman–Crippen LogP) is 2.93. The van der Waals surface area contributed by atoms with Gasteiger partial charge in [0.05, 0.1) is 0 Å². The Bertz CT molecular complexity index is 347. The van der Waals surface area contributed by atoms with Crippen LogP contribution in [0.1, 0.15) is 24.9 Å². The van der Waals surface area contributed by atoms with Crippen LogP contribution >= 0.6 is 0 Å². The van der Waals surface area contributed by atoms with Crippen molar-refractivity contribution in [3.63, 3.8) is 0 Å². The van der Waals surface area contributed by atoms with E-state index in [4.69, 9.17) is 5.73 Å². The molecule has 1 atom stereocenters. The summed E-state index contributed by atoms with van der Waals surface area (Å²) in [7, 11) is 0. The highest BCUT2D eigenvalue weighted by atomic mass is 19.1. The van der Waals surface area contributed by atoms with Crippen LogP contribution in [0.15, 0.2) is 30.4 Å². The lowest BCUT2D eigenvalue weighted by Gasteiger charge is -2.12. The number of rotatable bonds is 3. The van der Waals surface area contributed by atoms with Crippen molar-refractivity contribution in [3.05, 3.63) is 47.5 Å². The van der Waals surface area contributed by atoms with E-state index in [2.05, 4.69) is 6.58 Å². The molecule has 1 unspecified atom stereocenters. The van der Waals surface area contributed by atoms with Gasteiger partial charge in [-0.15, -0.1) is 6.58 Å². The highest BCUT2D eigenvalue weighted by Crippen LogP contribution is 2.21. The summed E-state index contributed by atoms with van der Waals surface area (Å²) in [6.45, 7) is 5.51. The van der Waals surface area contributed by atoms with Crippen LogP contribution < -0.4 is 5.73 Å². The van der Waals surface area contributed by atoms with Crippen molar-refractivity contribution < 1.29 is 8.78 Å². The smallest absolute Gasteiger partial charge is 0.130 e. The largest absolute Gasteiger partial charge is 0.324 e. The van der Waals surface area contributed by atoms with Crippen molar-refractivity contribution in [1.82, 2.24) is 0 Å². The number of benzene rings is 1. The van der Waals surface area contributed by atoms with Gasteiger partial charge >= 0.3 is 0 Å². The fourth-order valence-electron chi connectivity index (χ4n) is 1.29. The number of halogens is 2. The van der Waals surface area contributed by atoms with Gasteiger partial charge in [-0.3, -0.25) is 0 Å². The first-order valence-electron chi connectivity index (χ1n) is 4.35. The van der Waals surface area contributed by atoms with Gasteiger partial charge in [-0.25, -0.2) is 8.78 Å². The Hall–Kier alpha value is -1.22. The van der Waals surface area contributed by atoms with Gasteiger partial charge in [0, 0.05) is 17.7 Å². The van der Waals surface area contributed by atoms with Gasteiger partial charge < -0.3 is 5.73 Å². The van der Waals surface area contributed by atoms with Crippen molar-refractivity contribution in [3.8, 4) is 0 Å². The van der Waals surface area contributed by atoms with Crippen LogP contribution in [0.3, 0.4) is 0 Å². The molecule has 14 heavy (non-hydrogen) atoms. The third-order valence-corrected chi connectivity index (χ3v) is 1.93. The minimum absolute atomic E-state index is 0.328. The molecule has 76 valence electrons. The maximum Gasteiger partial charge on any atom is 0.130 e. The molecule has 0 saturated heterocycles. The van der Waals surface area contributed by atoms with Gasteiger partial charge in [0.25, 0.3) is 0 Å². The van der Waals surface area contributed by atoms with E-state index >= 15 is 0 Å². The number of hydrogen-bond acceptors (Lipinski definition) is 1. The lowest BCUT2D eigenvalue weighted by Crippen LogP contribution is -2.12. The van der Waals surface area contributed by atoms with E-state index in [9.17, 15) is 8.78 Å². The topological polar surface area (TPSA) is 26.0 Å². The van der Waals surface area contributed by atoms with Gasteiger partial charge in [0.1, 0.15) is 11.6 Å². The maximum absolute atomic E-state index is 13.2. The first-order chi connectivity index (χ1) is 6.50. The van der Waals surface area contributed by atoms with E-state index in [0.29, 0.717) is 12.0 Å². The normalized spacial score (nSPS) is 12.6. The lowest BCUT2D eigenvalue weighted by atomic mass is 10.0. The molecule has 1 aromatic rings. The van der Waals surface area contributed by atoms with Crippen LogP contribution in [0.25, 0.3) is 0 Å². The predicted molar refractivity (Wildman–Crippen MR) is 52.7 cm³/mol. The number of hydrogen-bond donors (Lipinski definition) is 1. The summed E-state index contributed by atoms with van der Waals surface area (Å²) in [4.78, 5) is 0. The van der Waals surface area contributed by atoms with Crippen molar-refractivity contribution in [2.45, 2.75) is 19.4 Å². The Morgan fingerprint density at radius 1 is 1.50 bits per heavy atom. The van der Waals surface area contributed by atoms with E-state index in [1.165, 1.54) is 12.1 Å². The van der Waals surface area contributed by atoms with E-state index in [0.717, 1.165) is 11.6 Å². The maximum atomic E-state index is 13.2. The molecule has 1 aromatic carbocycles. The van der Waals surface area contributed by atoms with E-state index < -0.39 is 17.7 Å². The zero-order chi connectivity index (χ0) is 10.7. The minimum atomic E-state index is -0.598. The molecule has 0 aromatic heterocycles. The molecule has 0 amide bonds. The van der Waals surface area contributed by atoms with Crippen molar-refractivity contribution >= 4 is 0 Å². The van der Waals surface area contributed by atoms with Gasteiger partial charge in [0.2, 0.25) is 0 Å². The average Bonchev–Trinajstić information content (AvgIpc) is 2.01. The molecule has 1 nitrogen and oxygen atoms in total. The summed E-state index contributed by atoms with van der Waals surface area (Å²) in [6, 6.07) is 2.97. The second-order valence-corrected chi connectivity index (χ2v) is 3.43. The van der Waals surface area contributed by atoms with Crippen LogP contribution in [0, 0.1) is 11.6 Å². The summed E-state index contributed by atoms with van der Waals surface area (Å²) in [6.07, 6.45) is 0.503. The molecule has 0 aliphatic carbocycles. The zero-order valence-electron chi connectivity index (χ0n) is 8.06. The second-order valence-electron chi connectivity index (χ2n) is 3.43. The second kappa shape index (κ2) is 4.33. The Kier molecular flexibility index (Phi) is 3.36. The van der Waals surface area contributed by atoms with Crippen molar-refractivity contribution in [1.29, 1.82) is 0 Å². The Morgan fingerprint density at radius 2 is 2.14 bits per heavy atom. The molecule has 3 heteroatoms.